The van der Waals surface area contributed by atoms with Gasteiger partial charge in [-0.15, -0.1) is 0 Å². The number of aryl methyl sites for hydroxylation is 1. The molecular weight excluding hydrogens is 378 g/mol. The molecule has 6 nitrogen and oxygen atoms in total. The molecule has 144 valence electrons. The lowest BCUT2D eigenvalue weighted by Crippen LogP contribution is -2.18. The van der Waals surface area contributed by atoms with E-state index in [0.29, 0.717) is 29.7 Å². The van der Waals surface area contributed by atoms with Gasteiger partial charge in [-0.25, -0.2) is 4.68 Å². The summed E-state index contributed by atoms with van der Waals surface area (Å²) in [6.45, 7) is 4.75. The molecular formula is C21H20ClN3O3. The van der Waals surface area contributed by atoms with Gasteiger partial charge in [-0.1, -0.05) is 29.8 Å². The number of fused-ring (bicyclic) bond motifs is 1. The lowest BCUT2D eigenvalue weighted by atomic mass is 10.1. The molecule has 7 heteroatoms. The highest BCUT2D eigenvalue weighted by Crippen LogP contribution is 2.38. The molecule has 0 fully saturated rings. The van der Waals surface area contributed by atoms with Gasteiger partial charge in [0, 0.05) is 0 Å². The number of benzene rings is 2. The number of nitrogens with zero attached hydrogens (tertiary/aromatic N) is 2. The van der Waals surface area contributed by atoms with Gasteiger partial charge in [-0.05, 0) is 43.7 Å². The number of carbonyl (C=O) groups is 1. The molecule has 1 aliphatic heterocycles. The SMILES string of the molecule is Cc1nn(-c2ccccc2)c(C)c1NC(=O)Cc1cc(Cl)c2c(c1)OCCO2. The summed E-state index contributed by atoms with van der Waals surface area (Å²) >= 11 is 6.26. The van der Waals surface area contributed by atoms with Crippen LogP contribution >= 0.6 is 11.6 Å². The molecule has 0 radical (unpaired) electrons. The minimum absolute atomic E-state index is 0.147. The normalized spacial score (nSPS) is 12.7. The van der Waals surface area contributed by atoms with E-state index in [4.69, 9.17) is 21.1 Å². The Hall–Kier alpha value is -2.99. The molecule has 0 unspecified atom stereocenters. The molecule has 0 spiro atoms. The van der Waals surface area contributed by atoms with Gasteiger partial charge in [0.05, 0.1) is 34.2 Å². The maximum atomic E-state index is 12.6. The molecule has 1 aliphatic rings. The number of halogens is 1. The van der Waals surface area contributed by atoms with Crippen LogP contribution in [0.2, 0.25) is 5.02 Å². The first-order valence-corrected chi connectivity index (χ1v) is 9.40. The third kappa shape index (κ3) is 3.55. The molecule has 28 heavy (non-hydrogen) atoms. The van der Waals surface area contributed by atoms with Gasteiger partial charge in [0.15, 0.2) is 11.5 Å². The van der Waals surface area contributed by atoms with Crippen molar-refractivity contribution >= 4 is 23.2 Å². The Morgan fingerprint density at radius 3 is 2.71 bits per heavy atom. The van der Waals surface area contributed by atoms with E-state index in [1.807, 2.05) is 48.9 Å². The second kappa shape index (κ2) is 7.56. The molecule has 0 atom stereocenters. The molecule has 3 aromatic rings. The second-order valence-electron chi connectivity index (χ2n) is 6.62. The number of carbonyl (C=O) groups excluding carboxylic acids is 1. The van der Waals surface area contributed by atoms with Crippen molar-refractivity contribution in [2.24, 2.45) is 0 Å². The van der Waals surface area contributed by atoms with Crippen LogP contribution in [0.15, 0.2) is 42.5 Å². The van der Waals surface area contributed by atoms with E-state index in [0.717, 1.165) is 28.3 Å². The Labute approximate surface area is 168 Å². The molecule has 0 aliphatic carbocycles. The quantitative estimate of drug-likeness (QED) is 0.720. The fraction of sp³-hybridized carbons (Fsp3) is 0.238. The summed E-state index contributed by atoms with van der Waals surface area (Å²) in [5, 5.41) is 7.98. The van der Waals surface area contributed by atoms with E-state index in [1.54, 1.807) is 12.1 Å². The minimum Gasteiger partial charge on any atom is -0.486 e. The number of nitrogens with one attached hydrogen (secondary N) is 1. The molecule has 0 saturated carbocycles. The van der Waals surface area contributed by atoms with Crippen LogP contribution < -0.4 is 14.8 Å². The number of hydrogen-bond donors (Lipinski definition) is 1. The van der Waals surface area contributed by atoms with Gasteiger partial charge >= 0.3 is 0 Å². The monoisotopic (exact) mass is 397 g/mol. The van der Waals surface area contributed by atoms with E-state index in [1.165, 1.54) is 0 Å². The van der Waals surface area contributed by atoms with Crippen molar-refractivity contribution in [2.75, 3.05) is 18.5 Å². The standard InChI is InChI=1S/C21H20ClN3O3/c1-13-20(14(2)25(24-13)16-6-4-3-5-7-16)23-19(26)12-15-10-17(22)21-18(11-15)27-8-9-28-21/h3-7,10-11H,8-9,12H2,1-2H3,(H,23,26). The molecule has 0 saturated heterocycles. The predicted molar refractivity (Wildman–Crippen MR) is 108 cm³/mol. The zero-order valence-corrected chi connectivity index (χ0v) is 16.4. The molecule has 4 rings (SSSR count). The van der Waals surface area contributed by atoms with Gasteiger partial charge in [-0.2, -0.15) is 5.10 Å². The number of amides is 1. The fourth-order valence-corrected chi connectivity index (χ4v) is 3.57. The Bertz CT molecular complexity index is 1030. The van der Waals surface area contributed by atoms with Crippen molar-refractivity contribution in [3.8, 4) is 17.2 Å². The zero-order chi connectivity index (χ0) is 19.7. The third-order valence-electron chi connectivity index (χ3n) is 4.58. The average molecular weight is 398 g/mol. The van der Waals surface area contributed by atoms with E-state index >= 15 is 0 Å². The van der Waals surface area contributed by atoms with E-state index in [2.05, 4.69) is 10.4 Å². The maximum absolute atomic E-state index is 12.6. The summed E-state index contributed by atoms with van der Waals surface area (Å²) in [6.07, 6.45) is 0.172. The highest BCUT2D eigenvalue weighted by molar-refractivity contribution is 6.32. The molecule has 1 N–H and O–H groups in total. The van der Waals surface area contributed by atoms with Crippen LogP contribution in [0.25, 0.3) is 5.69 Å². The van der Waals surface area contributed by atoms with Gasteiger partial charge in [0.25, 0.3) is 0 Å². The number of hydrogen-bond acceptors (Lipinski definition) is 4. The van der Waals surface area contributed by atoms with Crippen molar-refractivity contribution in [2.45, 2.75) is 20.3 Å². The van der Waals surface area contributed by atoms with Crippen molar-refractivity contribution in [1.82, 2.24) is 9.78 Å². The smallest absolute Gasteiger partial charge is 0.228 e. The van der Waals surface area contributed by atoms with Crippen LogP contribution in [-0.4, -0.2) is 28.9 Å². The fourth-order valence-electron chi connectivity index (χ4n) is 3.28. The Kier molecular flexibility index (Phi) is 4.96. The van der Waals surface area contributed by atoms with Crippen molar-refractivity contribution < 1.29 is 14.3 Å². The Morgan fingerprint density at radius 2 is 1.93 bits per heavy atom. The summed E-state index contributed by atoms with van der Waals surface area (Å²) in [6, 6.07) is 13.3. The minimum atomic E-state index is -0.147. The predicted octanol–water partition coefficient (Wildman–Crippen LogP) is 4.09. The Morgan fingerprint density at radius 1 is 1.18 bits per heavy atom. The van der Waals surface area contributed by atoms with Gasteiger partial charge < -0.3 is 14.8 Å². The van der Waals surface area contributed by atoms with Crippen molar-refractivity contribution in [3.63, 3.8) is 0 Å². The highest BCUT2D eigenvalue weighted by atomic mass is 35.5. The topological polar surface area (TPSA) is 65.4 Å². The van der Waals surface area contributed by atoms with E-state index in [9.17, 15) is 4.79 Å². The number of rotatable bonds is 4. The van der Waals surface area contributed by atoms with E-state index < -0.39 is 0 Å². The lowest BCUT2D eigenvalue weighted by Gasteiger charge is -2.20. The number of para-hydroxylation sites is 1. The van der Waals surface area contributed by atoms with Crippen LogP contribution in [0.4, 0.5) is 5.69 Å². The van der Waals surface area contributed by atoms with Crippen molar-refractivity contribution in [1.29, 1.82) is 0 Å². The number of anilines is 1. The molecule has 1 aromatic heterocycles. The average Bonchev–Trinajstić information content (AvgIpc) is 2.97. The first-order chi connectivity index (χ1) is 13.5. The van der Waals surface area contributed by atoms with Gasteiger partial charge in [0.2, 0.25) is 5.91 Å². The van der Waals surface area contributed by atoms with E-state index in [-0.39, 0.29) is 12.3 Å². The molecule has 0 bridgehead atoms. The molecule has 2 heterocycles. The largest absolute Gasteiger partial charge is 0.486 e. The first-order valence-electron chi connectivity index (χ1n) is 9.02. The molecule has 2 aromatic carbocycles. The summed E-state index contributed by atoms with van der Waals surface area (Å²) in [7, 11) is 0. The van der Waals surface area contributed by atoms with Crippen molar-refractivity contribution in [3.05, 3.63) is 64.4 Å². The highest BCUT2D eigenvalue weighted by Gasteiger charge is 2.19. The summed E-state index contributed by atoms with van der Waals surface area (Å²) in [4.78, 5) is 12.6. The maximum Gasteiger partial charge on any atom is 0.228 e. The van der Waals surface area contributed by atoms with Gasteiger partial charge in [0.1, 0.15) is 13.2 Å². The van der Waals surface area contributed by atoms with Crippen LogP contribution in [0, 0.1) is 13.8 Å². The zero-order valence-electron chi connectivity index (χ0n) is 15.7. The molecule has 1 amide bonds. The second-order valence-corrected chi connectivity index (χ2v) is 7.03. The van der Waals surface area contributed by atoms with Crippen LogP contribution in [0.3, 0.4) is 0 Å². The van der Waals surface area contributed by atoms with Crippen LogP contribution in [0.5, 0.6) is 11.5 Å². The first kappa shape index (κ1) is 18.4. The third-order valence-corrected chi connectivity index (χ3v) is 4.86. The lowest BCUT2D eigenvalue weighted by molar-refractivity contribution is -0.115. The van der Waals surface area contributed by atoms with Crippen LogP contribution in [0.1, 0.15) is 17.0 Å². The van der Waals surface area contributed by atoms with Gasteiger partial charge in [-0.3, -0.25) is 4.79 Å². The van der Waals surface area contributed by atoms with Crippen LogP contribution in [-0.2, 0) is 11.2 Å². The summed E-state index contributed by atoms with van der Waals surface area (Å²) in [5.74, 6) is 0.963. The number of ether oxygens (including phenoxy) is 2. The summed E-state index contributed by atoms with van der Waals surface area (Å²) in [5.41, 5.74) is 4.06. The number of aromatic nitrogens is 2. The summed E-state index contributed by atoms with van der Waals surface area (Å²) < 4.78 is 12.9. The Balaban J connectivity index is 1.53.